The molecule has 1 fully saturated rings. The highest BCUT2D eigenvalue weighted by Gasteiger charge is 2.21. The zero-order chi connectivity index (χ0) is 22.9. The van der Waals surface area contributed by atoms with Gasteiger partial charge in [0.2, 0.25) is 0 Å². The fourth-order valence-corrected chi connectivity index (χ4v) is 4.31. The van der Waals surface area contributed by atoms with Crippen LogP contribution in [0.1, 0.15) is 28.5 Å². The number of aliphatic hydroxyl groups excluding tert-OH is 1. The third kappa shape index (κ3) is 4.03. The molecular weight excluding hydrogens is 421 g/mol. The second-order valence-electron chi connectivity index (χ2n) is 8.19. The molecule has 1 atom stereocenters. The first-order valence-corrected chi connectivity index (χ1v) is 10.9. The molecule has 2 aromatic carbocycles. The van der Waals surface area contributed by atoms with Crippen LogP contribution in [-0.4, -0.2) is 51.6 Å². The summed E-state index contributed by atoms with van der Waals surface area (Å²) in [5, 5.41) is 19.7. The van der Waals surface area contributed by atoms with Crippen LogP contribution in [0.15, 0.2) is 48.9 Å². The number of nitrogens with zero attached hydrogens (tertiary/aromatic N) is 5. The number of anilines is 1. The van der Waals surface area contributed by atoms with E-state index in [1.54, 1.807) is 26.0 Å². The number of fused-ring (bicyclic) bond motifs is 1. The topological polar surface area (TPSA) is 84.3 Å². The van der Waals surface area contributed by atoms with Crippen LogP contribution in [0.5, 0.6) is 0 Å². The summed E-state index contributed by atoms with van der Waals surface area (Å²) in [4.78, 5) is 11.1. The minimum Gasteiger partial charge on any atom is -0.384 e. The maximum absolute atomic E-state index is 15.2. The molecule has 0 saturated carbocycles. The van der Waals surface area contributed by atoms with Gasteiger partial charge < -0.3 is 14.7 Å². The van der Waals surface area contributed by atoms with E-state index in [4.69, 9.17) is 4.74 Å². The number of aryl methyl sites for hydroxylation is 2. The van der Waals surface area contributed by atoms with Gasteiger partial charge in [0.05, 0.1) is 30.1 Å². The lowest BCUT2D eigenvalue weighted by Crippen LogP contribution is -2.36. The van der Waals surface area contributed by atoms with Crippen LogP contribution >= 0.6 is 0 Å². The van der Waals surface area contributed by atoms with Gasteiger partial charge in [-0.2, -0.15) is 10.2 Å². The van der Waals surface area contributed by atoms with Gasteiger partial charge >= 0.3 is 0 Å². The van der Waals surface area contributed by atoms with E-state index in [1.165, 1.54) is 18.6 Å². The van der Waals surface area contributed by atoms with Crippen molar-refractivity contribution in [1.82, 2.24) is 20.2 Å². The maximum atomic E-state index is 15.2. The Kier molecular flexibility index (Phi) is 5.70. The highest BCUT2D eigenvalue weighted by atomic mass is 19.1. The Bertz CT molecular complexity index is 1320. The SMILES string of the molecule is Cc1cc(F)c(-c2ncnc3cc(N4CCOCC4)ccc23)cc1C(O)c1ccnnc1C. The monoisotopic (exact) mass is 445 g/mol. The highest BCUT2D eigenvalue weighted by Crippen LogP contribution is 2.35. The summed E-state index contributed by atoms with van der Waals surface area (Å²) >= 11 is 0. The van der Waals surface area contributed by atoms with Crippen molar-refractivity contribution in [2.45, 2.75) is 20.0 Å². The Morgan fingerprint density at radius 1 is 1.03 bits per heavy atom. The summed E-state index contributed by atoms with van der Waals surface area (Å²) in [5.74, 6) is -0.398. The third-order valence-electron chi connectivity index (χ3n) is 6.14. The van der Waals surface area contributed by atoms with Crippen molar-refractivity contribution in [1.29, 1.82) is 0 Å². The molecule has 0 spiro atoms. The Balaban J connectivity index is 1.59. The van der Waals surface area contributed by atoms with Gasteiger partial charge in [0.25, 0.3) is 0 Å². The van der Waals surface area contributed by atoms with Crippen LogP contribution in [0.25, 0.3) is 22.2 Å². The molecule has 1 aliphatic rings. The van der Waals surface area contributed by atoms with E-state index in [9.17, 15) is 5.11 Å². The van der Waals surface area contributed by atoms with E-state index >= 15 is 4.39 Å². The summed E-state index contributed by atoms with van der Waals surface area (Å²) < 4.78 is 20.6. The summed E-state index contributed by atoms with van der Waals surface area (Å²) in [6.45, 7) is 6.59. The molecule has 1 saturated heterocycles. The normalized spacial score (nSPS) is 15.1. The number of aromatic nitrogens is 4. The molecule has 168 valence electrons. The van der Waals surface area contributed by atoms with Crippen LogP contribution < -0.4 is 4.90 Å². The van der Waals surface area contributed by atoms with Gasteiger partial charge in [-0.15, -0.1) is 0 Å². The number of halogens is 1. The van der Waals surface area contributed by atoms with E-state index in [0.717, 1.165) is 29.7 Å². The molecule has 3 heterocycles. The first-order valence-electron chi connectivity index (χ1n) is 10.9. The van der Waals surface area contributed by atoms with E-state index < -0.39 is 11.9 Å². The average Bonchev–Trinajstić information content (AvgIpc) is 2.84. The highest BCUT2D eigenvalue weighted by molar-refractivity contribution is 5.94. The molecule has 0 aliphatic carbocycles. The first kappa shape index (κ1) is 21.4. The number of morpholine rings is 1. The first-order chi connectivity index (χ1) is 16.0. The van der Waals surface area contributed by atoms with Crippen LogP contribution in [0.2, 0.25) is 0 Å². The van der Waals surface area contributed by atoms with Gasteiger partial charge in [-0.05, 0) is 61.4 Å². The molecule has 5 rings (SSSR count). The summed E-state index contributed by atoms with van der Waals surface area (Å²) in [7, 11) is 0. The predicted molar refractivity (Wildman–Crippen MR) is 124 cm³/mol. The van der Waals surface area contributed by atoms with Crippen LogP contribution in [0.4, 0.5) is 10.1 Å². The van der Waals surface area contributed by atoms with Crippen LogP contribution in [-0.2, 0) is 4.74 Å². The fourth-order valence-electron chi connectivity index (χ4n) is 4.31. The molecular formula is C25H24FN5O2. The van der Waals surface area contributed by atoms with Gasteiger partial charge in [0.15, 0.2) is 0 Å². The molecule has 1 N–H and O–H groups in total. The molecule has 0 amide bonds. The van der Waals surface area contributed by atoms with Gasteiger partial charge in [-0.25, -0.2) is 14.4 Å². The van der Waals surface area contributed by atoms with Crippen LogP contribution in [0, 0.1) is 19.7 Å². The minimum atomic E-state index is -0.958. The number of rotatable bonds is 4. The molecule has 0 radical (unpaired) electrons. The Hall–Kier alpha value is -3.49. The number of aliphatic hydroxyl groups is 1. The van der Waals surface area contributed by atoms with E-state index in [0.29, 0.717) is 46.9 Å². The quantitative estimate of drug-likeness (QED) is 0.512. The zero-order valence-electron chi connectivity index (χ0n) is 18.5. The molecule has 7 nitrogen and oxygen atoms in total. The second-order valence-corrected chi connectivity index (χ2v) is 8.19. The van der Waals surface area contributed by atoms with Crippen LogP contribution in [0.3, 0.4) is 0 Å². The van der Waals surface area contributed by atoms with Gasteiger partial charge in [-0.1, -0.05) is 0 Å². The zero-order valence-corrected chi connectivity index (χ0v) is 18.5. The number of benzene rings is 2. The molecule has 1 aliphatic heterocycles. The Labute approximate surface area is 190 Å². The third-order valence-corrected chi connectivity index (χ3v) is 6.14. The molecule has 0 bridgehead atoms. The maximum Gasteiger partial charge on any atom is 0.132 e. The van der Waals surface area contributed by atoms with Crippen molar-refractivity contribution < 1.29 is 14.2 Å². The number of hydrogen-bond acceptors (Lipinski definition) is 7. The van der Waals surface area contributed by atoms with Crippen molar-refractivity contribution in [2.24, 2.45) is 0 Å². The fraction of sp³-hybridized carbons (Fsp3) is 0.280. The lowest BCUT2D eigenvalue weighted by atomic mass is 9.93. The minimum absolute atomic E-state index is 0.320. The number of ether oxygens (including phenoxy) is 1. The lowest BCUT2D eigenvalue weighted by Gasteiger charge is -2.29. The van der Waals surface area contributed by atoms with Gasteiger partial charge in [0.1, 0.15) is 18.2 Å². The Morgan fingerprint density at radius 3 is 2.64 bits per heavy atom. The van der Waals surface area contributed by atoms with E-state index in [2.05, 4.69) is 25.1 Å². The van der Waals surface area contributed by atoms with Crippen molar-refractivity contribution in [3.63, 3.8) is 0 Å². The van der Waals surface area contributed by atoms with Gasteiger partial charge in [-0.3, -0.25) is 0 Å². The van der Waals surface area contributed by atoms with Gasteiger partial charge in [0, 0.05) is 41.5 Å². The lowest BCUT2D eigenvalue weighted by molar-refractivity contribution is 0.122. The standard InChI is InChI=1S/C25H24FN5O2/c1-15-11-22(26)21(13-20(15)25(32)18-5-6-29-30-16(18)2)24-19-4-3-17(12-23(19)27-14-28-24)31-7-9-33-10-8-31/h3-6,11-14,25,32H,7-10H2,1-2H3. The average molecular weight is 445 g/mol. The van der Waals surface area contributed by atoms with Crippen molar-refractivity contribution in [3.8, 4) is 11.3 Å². The molecule has 4 aromatic rings. The van der Waals surface area contributed by atoms with Crippen molar-refractivity contribution in [2.75, 3.05) is 31.2 Å². The summed E-state index contributed by atoms with van der Waals surface area (Å²) in [6, 6.07) is 10.8. The largest absolute Gasteiger partial charge is 0.384 e. The van der Waals surface area contributed by atoms with E-state index in [1.807, 2.05) is 18.2 Å². The van der Waals surface area contributed by atoms with Crippen molar-refractivity contribution >= 4 is 16.6 Å². The molecule has 8 heteroatoms. The van der Waals surface area contributed by atoms with Crippen molar-refractivity contribution in [3.05, 3.63) is 77.1 Å². The smallest absolute Gasteiger partial charge is 0.132 e. The summed E-state index contributed by atoms with van der Waals surface area (Å²) in [6.07, 6.45) is 2.03. The predicted octanol–water partition coefficient (Wildman–Crippen LogP) is 3.76. The Morgan fingerprint density at radius 2 is 1.85 bits per heavy atom. The molecule has 1 unspecified atom stereocenters. The second kappa shape index (κ2) is 8.80. The van der Waals surface area contributed by atoms with E-state index in [-0.39, 0.29) is 0 Å². The molecule has 33 heavy (non-hydrogen) atoms. The molecule has 2 aromatic heterocycles. The number of hydrogen-bond donors (Lipinski definition) is 1. The summed E-state index contributed by atoms with van der Waals surface area (Å²) in [5.41, 5.74) is 5.10.